The quantitative estimate of drug-likeness (QED) is 0.0150. The van der Waals surface area contributed by atoms with E-state index >= 15 is 4.79 Å². The molecule has 19 atom stereocenters. The number of anilines is 1. The van der Waals surface area contributed by atoms with E-state index in [0.717, 1.165) is 24.7 Å². The lowest BCUT2D eigenvalue weighted by atomic mass is 9.96. The minimum absolute atomic E-state index is 0. The predicted octanol–water partition coefficient (Wildman–Crippen LogP) is -10.7. The number of ether oxygens (including phenoxy) is 5. The van der Waals surface area contributed by atoms with E-state index in [9.17, 15) is 74.4 Å². The van der Waals surface area contributed by atoms with Gasteiger partial charge in [-0.15, -0.1) is 22.7 Å². The van der Waals surface area contributed by atoms with Gasteiger partial charge < -0.3 is 142 Å². The molecule has 4 aromatic rings. The fourth-order valence-corrected chi connectivity index (χ4v) is 12.1. The van der Waals surface area contributed by atoms with Crippen molar-refractivity contribution in [3.63, 3.8) is 0 Å². The topological polar surface area (TPSA) is 627 Å². The molecule has 25 N–H and O–H groups in total. The van der Waals surface area contributed by atoms with Gasteiger partial charge in [0.2, 0.25) is 29.5 Å². The van der Waals surface area contributed by atoms with E-state index in [-0.39, 0.29) is 77.3 Å². The van der Waals surface area contributed by atoms with Crippen LogP contribution < -0.4 is 73.0 Å². The first-order valence-corrected chi connectivity index (χ1v) is 33.8. The molecule has 540 valence electrons. The second-order valence-electron chi connectivity index (χ2n) is 22.8. The molecule has 0 saturated carbocycles. The summed E-state index contributed by atoms with van der Waals surface area (Å²) < 4.78 is 28.7. The van der Waals surface area contributed by atoms with Crippen molar-refractivity contribution in [3.05, 3.63) is 56.8 Å². The van der Waals surface area contributed by atoms with Gasteiger partial charge in [-0.2, -0.15) is 0 Å². The fraction of sp³-hybridized carbons (Fsp3) is 0.618. The molecular formula is C55H84ClN17O21S3. The zero-order valence-corrected chi connectivity index (χ0v) is 56.5. The Morgan fingerprint density at radius 1 is 0.784 bits per heavy atom. The van der Waals surface area contributed by atoms with E-state index in [1.54, 1.807) is 10.8 Å². The van der Waals surface area contributed by atoms with Crippen LogP contribution in [0.2, 0.25) is 0 Å². The number of rotatable bonds is 35. The molecule has 0 spiro atoms. The third kappa shape index (κ3) is 21.7. The number of halogens is 1. The molecule has 2 fully saturated rings. The van der Waals surface area contributed by atoms with Crippen LogP contribution in [0, 0.1) is 12.8 Å². The average molecular weight is 1450 g/mol. The van der Waals surface area contributed by atoms with Crippen molar-refractivity contribution < 1.29 is 115 Å². The Morgan fingerprint density at radius 3 is 2.08 bits per heavy atom. The lowest BCUT2D eigenvalue weighted by molar-refractivity contribution is -0.372. The van der Waals surface area contributed by atoms with Gasteiger partial charge in [0.15, 0.2) is 18.7 Å². The molecule has 0 bridgehead atoms. The van der Waals surface area contributed by atoms with Crippen molar-refractivity contribution in [1.82, 2.24) is 61.8 Å². The maximum absolute atomic E-state index is 15.2. The van der Waals surface area contributed by atoms with Gasteiger partial charge in [-0.05, 0) is 31.7 Å². The number of thiazole rings is 2. The molecule has 1 unspecified atom stereocenters. The van der Waals surface area contributed by atoms with Crippen molar-refractivity contribution in [1.29, 1.82) is 0 Å². The van der Waals surface area contributed by atoms with Crippen molar-refractivity contribution in [2.45, 2.75) is 157 Å². The number of carbonyl (C=O) groups is 8. The largest absolute Gasteiger partial charge is 1.00 e. The molecule has 2 aliphatic rings. The number of carbonyl (C=O) groups excluding carboxylic acids is 8. The second kappa shape index (κ2) is 37.3. The first-order chi connectivity index (χ1) is 45.3. The number of hydrogen-bond acceptors (Lipinski definition) is 31. The summed E-state index contributed by atoms with van der Waals surface area (Å²) in [5, 5.41) is 108. The van der Waals surface area contributed by atoms with Crippen LogP contribution in [0.3, 0.4) is 0 Å². The number of amides is 8. The molecule has 0 aromatic carbocycles. The van der Waals surface area contributed by atoms with E-state index in [1.165, 1.54) is 50.4 Å². The highest BCUT2D eigenvalue weighted by atomic mass is 35.5. The summed E-state index contributed by atoms with van der Waals surface area (Å²) in [7, 11) is 0.254. The van der Waals surface area contributed by atoms with Crippen molar-refractivity contribution >= 4 is 86.8 Å². The summed E-state index contributed by atoms with van der Waals surface area (Å²) in [6, 6.07) is -7.85. The van der Waals surface area contributed by atoms with Gasteiger partial charge in [-0.1, -0.05) is 6.92 Å². The van der Waals surface area contributed by atoms with Gasteiger partial charge in [0.1, 0.15) is 100 Å². The number of nitrogens with one attached hydrogen (secondary N) is 7. The zero-order chi connectivity index (χ0) is 71.0. The number of aliphatic hydroxyl groups is 8. The number of H-pyrrole nitrogens is 1. The second-order valence-corrected chi connectivity index (χ2v) is 27.0. The summed E-state index contributed by atoms with van der Waals surface area (Å²) in [6.45, 7) is 3.18. The third-order valence-electron chi connectivity index (χ3n) is 15.3. The Hall–Kier alpha value is -7.01. The van der Waals surface area contributed by atoms with Crippen molar-refractivity contribution in [2.75, 3.05) is 56.8 Å². The minimum Gasteiger partial charge on any atom is -1.00 e. The minimum atomic E-state index is -2.20. The molecule has 6 rings (SSSR count). The van der Waals surface area contributed by atoms with Gasteiger partial charge in [0, 0.05) is 55.2 Å². The van der Waals surface area contributed by atoms with Crippen LogP contribution >= 0.6 is 22.7 Å². The summed E-state index contributed by atoms with van der Waals surface area (Å²) >= 11 is 2.52. The van der Waals surface area contributed by atoms with Gasteiger partial charge in [0.25, 0.3) is 11.8 Å². The van der Waals surface area contributed by atoms with E-state index in [2.05, 4.69) is 74.3 Å². The third-order valence-corrected chi connectivity index (χ3v) is 18.2. The maximum atomic E-state index is 15.2. The number of aliphatic hydroxyl groups excluding tert-OH is 8. The average Bonchev–Trinajstić information content (AvgIpc) is 1.16. The molecule has 4 aromatic heterocycles. The lowest BCUT2D eigenvalue weighted by Crippen LogP contribution is -3.00. The monoisotopic (exact) mass is 1450 g/mol. The Kier molecular flexibility index (Phi) is 31.0. The first-order valence-electron chi connectivity index (χ1n) is 29.8. The molecule has 2 saturated heterocycles. The van der Waals surface area contributed by atoms with E-state index in [4.69, 9.17) is 52.4 Å². The van der Waals surface area contributed by atoms with Crippen LogP contribution in [-0.4, -0.2) is 267 Å². The zero-order valence-electron chi connectivity index (χ0n) is 53.3. The summed E-state index contributed by atoms with van der Waals surface area (Å²) in [5.41, 5.74) is 28.1. The lowest BCUT2D eigenvalue weighted by Gasteiger charge is -2.47. The fourth-order valence-electron chi connectivity index (χ4n) is 9.80. The smallest absolute Gasteiger partial charge is 0.404 e. The highest BCUT2D eigenvalue weighted by Gasteiger charge is 2.54. The Balaban J connectivity index is 0.0000170. The first kappa shape index (κ1) is 80.7. The standard InChI is InChI=1S/C55H83N17O21S3.ClH/c1-20-33(69-46(72-44(20)58)25(12-31(57)76)64-13-24(56)45(59)82)50(86)71-35(41(26-14-61-19-65-26)91-54-43(39(80)37(78)29(15-73)90-54)92-53-40(81)42(93-55(60)88)38(79)30(16-74)89-53)51(87)66-22(3)36(77)21(2)47(83)70-34(23(4)75)49(85)63-10-8-32-67-28(18-94-32)52-68-27(17-95-52)48(84)62-9-7-11-96(5)6;/h14,17-19,21-25,29-30,34-43,53-54,64,73-75,77-81H,7-13,15-16,56H2,1-6H3,(H13-,57,58,59,60,61,62,63,65,66,69,70,71,72,76,82,83,84,85,86,87,88);1H/t21-,22+,23-,24-,25+,29-,30-,34-,35+,36-,37+,38-,39-,40+,41?,42+,43-,53-,54-;/m1./s1. The van der Waals surface area contributed by atoms with Crippen LogP contribution in [0.4, 0.5) is 10.6 Å². The van der Waals surface area contributed by atoms with E-state index < -0.39 is 183 Å². The molecule has 6 heterocycles. The highest BCUT2D eigenvalue weighted by Crippen LogP contribution is 2.35. The van der Waals surface area contributed by atoms with Gasteiger partial charge in [-0.25, -0.2) is 29.7 Å². The summed E-state index contributed by atoms with van der Waals surface area (Å²) in [4.78, 5) is 131. The van der Waals surface area contributed by atoms with Crippen molar-refractivity contribution in [2.24, 2.45) is 28.9 Å². The van der Waals surface area contributed by atoms with E-state index in [0.29, 0.717) is 22.3 Å². The van der Waals surface area contributed by atoms with Crippen LogP contribution in [0.15, 0.2) is 23.3 Å². The molecule has 42 heteroatoms. The molecule has 38 nitrogen and oxygen atoms in total. The van der Waals surface area contributed by atoms with Crippen LogP contribution in [-0.2, 0) is 65.0 Å². The number of nitrogen functional groups attached to an aromatic ring is 1. The molecule has 0 aliphatic carbocycles. The normalized spacial score (nSPS) is 23.8. The Labute approximate surface area is 571 Å². The van der Waals surface area contributed by atoms with Gasteiger partial charge in [0.05, 0.1) is 85.2 Å². The maximum Gasteiger partial charge on any atom is 0.404 e. The van der Waals surface area contributed by atoms with Gasteiger partial charge >= 0.3 is 6.09 Å². The van der Waals surface area contributed by atoms with Crippen LogP contribution in [0.1, 0.15) is 88.8 Å². The number of imidazole rings is 1. The number of aromatic amines is 1. The predicted molar refractivity (Wildman–Crippen MR) is 339 cm³/mol. The number of hydrogen-bond donors (Lipinski definition) is 20. The molecule has 8 amide bonds. The molecule has 2 aliphatic heterocycles. The van der Waals surface area contributed by atoms with E-state index in [1.807, 2.05) is 0 Å². The number of primary amides is 3. The Bertz CT molecular complexity index is 3290. The Morgan fingerprint density at radius 2 is 1.46 bits per heavy atom. The van der Waals surface area contributed by atoms with Gasteiger partial charge in [-0.3, -0.25) is 33.6 Å². The molecule has 97 heavy (non-hydrogen) atoms. The summed E-state index contributed by atoms with van der Waals surface area (Å²) in [5.74, 6) is -7.69. The van der Waals surface area contributed by atoms with Crippen LogP contribution in [0.5, 0.6) is 0 Å². The number of nitrogens with zero attached hydrogens (tertiary/aromatic N) is 5. The summed E-state index contributed by atoms with van der Waals surface area (Å²) in [6.07, 6.45) is -20.0. The number of nitrogens with two attached hydrogens (primary N) is 5. The highest BCUT2D eigenvalue weighted by molar-refractivity contribution is 7.95. The SMILES string of the molecule is Cc1c(N)nc([C@H](CC(N)=O)NC[C@@H](N)C(N)=O)nc1C(=O)N[C@H](C(=O)N[C@@H](C)[C@H](O)[C@@H](C)C(=O)N[C@@H](C(=O)NCCc1nc(-c2nc(C(=O)NCCC[S+](C)C)cs2)cs1)[C@@H](C)O)C(O[C@H]1O[C@H](CO)[C@H](O)[C@@H](O)[C@H]1O[C@H]1O[C@H](CO)[C@@H](O)[C@H](OC(N)=O)[C@@H]1O)c1cnc[nH]1.[Cl-]. The number of aromatic nitrogens is 6. The molecule has 0 radical (unpaired) electrons. The molecular weight excluding hydrogens is 1370 g/mol. The van der Waals surface area contributed by atoms with Crippen molar-refractivity contribution in [3.8, 4) is 10.7 Å². The van der Waals surface area contributed by atoms with Crippen LogP contribution in [0.25, 0.3) is 10.7 Å².